The van der Waals surface area contributed by atoms with Crippen LogP contribution in [0.25, 0.3) is 0 Å². The molecule has 0 spiro atoms. The largest absolute Gasteiger partial charge is 0.489 e. The highest BCUT2D eigenvalue weighted by Gasteiger charge is 2.33. The molecule has 1 aliphatic heterocycles. The average molecular weight is 417 g/mol. The summed E-state index contributed by atoms with van der Waals surface area (Å²) >= 11 is 11.3. The molecule has 1 heterocycles. The number of allylic oxidation sites excluding steroid dienone is 1. The molecule has 0 saturated heterocycles. The zero-order chi connectivity index (χ0) is 19.7. The van der Waals surface area contributed by atoms with E-state index in [1.54, 1.807) is 24.3 Å². The van der Waals surface area contributed by atoms with Gasteiger partial charge < -0.3 is 15.4 Å². The van der Waals surface area contributed by atoms with Crippen molar-refractivity contribution >= 4 is 34.7 Å². The molecule has 28 heavy (non-hydrogen) atoms. The van der Waals surface area contributed by atoms with Crippen LogP contribution in [0.1, 0.15) is 36.4 Å². The molecule has 7 heteroatoms. The van der Waals surface area contributed by atoms with E-state index in [9.17, 15) is 9.18 Å². The Balaban J connectivity index is 1.53. The Morgan fingerprint density at radius 1 is 1.18 bits per heavy atom. The number of rotatable bonds is 4. The predicted molar refractivity (Wildman–Crippen MR) is 110 cm³/mol. The summed E-state index contributed by atoms with van der Waals surface area (Å²) in [6, 6.07) is 11.6. The van der Waals surface area contributed by atoms with Crippen molar-refractivity contribution in [2.75, 3.05) is 0 Å². The van der Waals surface area contributed by atoms with Gasteiger partial charge in [-0.3, -0.25) is 4.79 Å². The van der Waals surface area contributed by atoms with E-state index in [2.05, 4.69) is 10.6 Å². The maximum atomic E-state index is 13.9. The van der Waals surface area contributed by atoms with Gasteiger partial charge in [-0.2, -0.15) is 0 Å². The smallest absolute Gasteiger partial charge is 0.171 e. The molecular weight excluding hydrogens is 399 g/mol. The Hall–Kier alpha value is -2.44. The Kier molecular flexibility index (Phi) is 5.33. The van der Waals surface area contributed by atoms with Gasteiger partial charge in [-0.05, 0) is 54.9 Å². The molecule has 144 valence electrons. The second-order valence-electron chi connectivity index (χ2n) is 6.76. The summed E-state index contributed by atoms with van der Waals surface area (Å²) in [5, 5.41) is 7.16. The summed E-state index contributed by atoms with van der Waals surface area (Å²) in [5.41, 5.74) is 2.91. The summed E-state index contributed by atoms with van der Waals surface area (Å²) in [7, 11) is 0. The van der Waals surface area contributed by atoms with Crippen LogP contribution in [0.3, 0.4) is 0 Å². The standard InChI is InChI=1S/C21H18ClFN2O2S/c22-15-3-1-4-16(23)14(15)11-27-13-9-7-12(8-10-13)20-19-17(24-21(28)25-20)5-2-6-18(19)26/h1,3-4,7-10,20H,2,5-6,11H2,(H2,24,25,28). The zero-order valence-electron chi connectivity index (χ0n) is 14.9. The molecule has 1 aliphatic carbocycles. The molecule has 0 saturated carbocycles. The molecule has 0 amide bonds. The van der Waals surface area contributed by atoms with Gasteiger partial charge in [0, 0.05) is 23.3 Å². The number of ketones is 1. The van der Waals surface area contributed by atoms with Crippen molar-refractivity contribution in [3.8, 4) is 5.75 Å². The molecule has 0 fully saturated rings. The number of carbonyl (C=O) groups is 1. The van der Waals surface area contributed by atoms with Crippen LogP contribution in [-0.2, 0) is 11.4 Å². The normalized spacial score (nSPS) is 19.0. The second kappa shape index (κ2) is 7.89. The molecule has 0 aromatic heterocycles. The number of carbonyl (C=O) groups excluding carboxylic acids is 1. The van der Waals surface area contributed by atoms with Gasteiger partial charge in [0.2, 0.25) is 0 Å². The molecule has 0 radical (unpaired) electrons. The molecule has 4 rings (SSSR count). The van der Waals surface area contributed by atoms with Gasteiger partial charge in [0.15, 0.2) is 10.9 Å². The number of hydrogen-bond acceptors (Lipinski definition) is 3. The Morgan fingerprint density at radius 3 is 2.71 bits per heavy atom. The fourth-order valence-corrected chi connectivity index (χ4v) is 4.00. The van der Waals surface area contributed by atoms with Gasteiger partial charge in [-0.15, -0.1) is 0 Å². The second-order valence-corrected chi connectivity index (χ2v) is 7.57. The monoisotopic (exact) mass is 416 g/mol. The highest BCUT2D eigenvalue weighted by molar-refractivity contribution is 7.80. The van der Waals surface area contributed by atoms with Crippen molar-refractivity contribution in [1.82, 2.24) is 10.6 Å². The van der Waals surface area contributed by atoms with Crippen molar-refractivity contribution in [1.29, 1.82) is 0 Å². The molecule has 2 aromatic rings. The average Bonchev–Trinajstić information content (AvgIpc) is 2.67. The SMILES string of the molecule is O=C1CCCC2=C1C(c1ccc(OCc3c(F)cccc3Cl)cc1)NC(=S)N2. The predicted octanol–water partition coefficient (Wildman–Crippen LogP) is 4.58. The quantitative estimate of drug-likeness (QED) is 0.714. The van der Waals surface area contributed by atoms with Crippen LogP contribution in [0.15, 0.2) is 53.7 Å². The third-order valence-corrected chi connectivity index (χ3v) is 5.52. The fraction of sp³-hybridized carbons (Fsp3) is 0.238. The number of hydrogen-bond donors (Lipinski definition) is 2. The lowest BCUT2D eigenvalue weighted by Gasteiger charge is -2.33. The Bertz CT molecular complexity index is 955. The van der Waals surface area contributed by atoms with Gasteiger partial charge in [0.1, 0.15) is 18.2 Å². The first kappa shape index (κ1) is 18.9. The molecule has 2 aromatic carbocycles. The van der Waals surface area contributed by atoms with E-state index in [1.807, 2.05) is 12.1 Å². The molecule has 1 unspecified atom stereocenters. The third kappa shape index (κ3) is 3.75. The van der Waals surface area contributed by atoms with Gasteiger partial charge >= 0.3 is 0 Å². The number of nitrogens with one attached hydrogen (secondary N) is 2. The minimum Gasteiger partial charge on any atom is -0.489 e. The summed E-state index contributed by atoms with van der Waals surface area (Å²) in [6.45, 7) is 0.0360. The van der Waals surface area contributed by atoms with Crippen LogP contribution < -0.4 is 15.4 Å². The minimum atomic E-state index is -0.396. The fourth-order valence-electron chi connectivity index (χ4n) is 3.54. The number of benzene rings is 2. The highest BCUT2D eigenvalue weighted by atomic mass is 35.5. The molecule has 2 N–H and O–H groups in total. The van der Waals surface area contributed by atoms with Crippen molar-refractivity contribution in [3.05, 3.63) is 75.7 Å². The number of halogens is 2. The van der Waals surface area contributed by atoms with Crippen molar-refractivity contribution in [2.45, 2.75) is 31.9 Å². The van der Waals surface area contributed by atoms with Crippen LogP contribution in [0.2, 0.25) is 5.02 Å². The van der Waals surface area contributed by atoms with Gasteiger partial charge in [0.05, 0.1) is 11.1 Å². The van der Waals surface area contributed by atoms with E-state index < -0.39 is 5.82 Å². The van der Waals surface area contributed by atoms with E-state index in [0.717, 1.165) is 29.7 Å². The van der Waals surface area contributed by atoms with E-state index in [0.29, 0.717) is 27.9 Å². The Morgan fingerprint density at radius 2 is 1.96 bits per heavy atom. The van der Waals surface area contributed by atoms with Crippen LogP contribution >= 0.6 is 23.8 Å². The van der Waals surface area contributed by atoms with Crippen LogP contribution in [0.4, 0.5) is 4.39 Å². The highest BCUT2D eigenvalue weighted by Crippen LogP contribution is 2.34. The van der Waals surface area contributed by atoms with Crippen LogP contribution in [0.5, 0.6) is 5.75 Å². The van der Waals surface area contributed by atoms with E-state index >= 15 is 0 Å². The first-order valence-corrected chi connectivity index (χ1v) is 9.81. The molecular formula is C21H18ClFN2O2S. The summed E-state index contributed by atoms with van der Waals surface area (Å²) in [4.78, 5) is 12.5. The minimum absolute atomic E-state index is 0.0360. The molecule has 0 bridgehead atoms. The molecule has 2 aliphatic rings. The van der Waals surface area contributed by atoms with Gasteiger partial charge in [-0.1, -0.05) is 29.8 Å². The number of ether oxygens (including phenoxy) is 1. The van der Waals surface area contributed by atoms with Crippen molar-refractivity contribution < 1.29 is 13.9 Å². The van der Waals surface area contributed by atoms with Crippen LogP contribution in [0, 0.1) is 5.82 Å². The van der Waals surface area contributed by atoms with Crippen LogP contribution in [-0.4, -0.2) is 10.9 Å². The number of thiocarbonyl (C=S) groups is 1. The first-order valence-electron chi connectivity index (χ1n) is 9.02. The summed E-state index contributed by atoms with van der Waals surface area (Å²) < 4.78 is 19.5. The first-order chi connectivity index (χ1) is 13.5. The topological polar surface area (TPSA) is 50.4 Å². The van der Waals surface area contributed by atoms with E-state index in [4.69, 9.17) is 28.6 Å². The van der Waals surface area contributed by atoms with Gasteiger partial charge in [-0.25, -0.2) is 4.39 Å². The lowest BCUT2D eigenvalue weighted by Crippen LogP contribution is -2.46. The maximum Gasteiger partial charge on any atom is 0.171 e. The Labute approximate surface area is 172 Å². The maximum absolute atomic E-state index is 13.9. The van der Waals surface area contributed by atoms with Crippen molar-refractivity contribution in [3.63, 3.8) is 0 Å². The van der Waals surface area contributed by atoms with E-state index in [1.165, 1.54) is 6.07 Å². The lowest BCUT2D eigenvalue weighted by molar-refractivity contribution is -0.116. The zero-order valence-corrected chi connectivity index (χ0v) is 16.5. The summed E-state index contributed by atoms with van der Waals surface area (Å²) in [6.07, 6.45) is 2.21. The molecule has 1 atom stereocenters. The lowest BCUT2D eigenvalue weighted by atomic mass is 9.85. The summed E-state index contributed by atoms with van der Waals surface area (Å²) in [5.74, 6) is 0.332. The number of Topliss-reactive ketones (excluding diaryl/α,β-unsaturated/α-hetero) is 1. The van der Waals surface area contributed by atoms with Gasteiger partial charge in [0.25, 0.3) is 0 Å². The van der Waals surface area contributed by atoms with E-state index in [-0.39, 0.29) is 18.4 Å². The van der Waals surface area contributed by atoms with Crippen molar-refractivity contribution in [2.24, 2.45) is 0 Å². The third-order valence-electron chi connectivity index (χ3n) is 4.94. The molecule has 4 nitrogen and oxygen atoms in total.